The summed E-state index contributed by atoms with van der Waals surface area (Å²) in [6.07, 6.45) is -6.16. The van der Waals surface area contributed by atoms with E-state index >= 15 is 0 Å². The Hall–Kier alpha value is -3.46. The number of amides is 1. The lowest BCUT2D eigenvalue weighted by molar-refractivity contribution is -0.139. The van der Waals surface area contributed by atoms with Gasteiger partial charge in [0.15, 0.2) is 16.1 Å². The van der Waals surface area contributed by atoms with E-state index in [1.54, 1.807) is 24.3 Å². The van der Waals surface area contributed by atoms with Gasteiger partial charge in [-0.15, -0.1) is 0 Å². The Morgan fingerprint density at radius 1 is 1.17 bits per heavy atom. The minimum absolute atomic E-state index is 0.206. The van der Waals surface area contributed by atoms with E-state index < -0.39 is 49.6 Å². The maximum atomic E-state index is 13.5. The van der Waals surface area contributed by atoms with Crippen LogP contribution in [0.4, 0.5) is 23.7 Å². The number of carbonyl (C=O) groups is 1. The highest BCUT2D eigenvalue weighted by atomic mass is 32.2. The van der Waals surface area contributed by atoms with Gasteiger partial charge in [-0.2, -0.15) is 18.4 Å². The number of alkyl halides is 3. The van der Waals surface area contributed by atoms with Gasteiger partial charge in [0.05, 0.1) is 28.9 Å². The average Bonchev–Trinajstić information content (AvgIpc) is 3.47. The van der Waals surface area contributed by atoms with E-state index in [1.807, 2.05) is 6.07 Å². The molecule has 2 aromatic carbocycles. The lowest BCUT2D eigenvalue weighted by Gasteiger charge is -2.26. The Morgan fingerprint density at radius 2 is 1.83 bits per heavy atom. The van der Waals surface area contributed by atoms with Crippen LogP contribution in [0.5, 0.6) is 5.75 Å². The van der Waals surface area contributed by atoms with Crippen molar-refractivity contribution in [2.75, 3.05) is 18.6 Å². The summed E-state index contributed by atoms with van der Waals surface area (Å²) >= 11 is 0. The van der Waals surface area contributed by atoms with Crippen LogP contribution in [0, 0.1) is 11.3 Å². The molecule has 2 fully saturated rings. The van der Waals surface area contributed by atoms with Gasteiger partial charge in [-0.1, -0.05) is 12.1 Å². The summed E-state index contributed by atoms with van der Waals surface area (Å²) in [5.41, 5.74) is -1.76. The Bertz CT molecular complexity index is 1250. The highest BCUT2D eigenvalue weighted by Crippen LogP contribution is 2.39. The van der Waals surface area contributed by atoms with Crippen molar-refractivity contribution in [2.45, 2.75) is 47.4 Å². The van der Waals surface area contributed by atoms with Crippen molar-refractivity contribution < 1.29 is 35.9 Å². The number of benzene rings is 2. The second-order valence-corrected chi connectivity index (χ2v) is 10.6. The number of carbonyl (C=O) groups excluding carboxylic acids is 1. The predicted molar refractivity (Wildman–Crippen MR) is 118 cm³/mol. The van der Waals surface area contributed by atoms with E-state index in [4.69, 9.17) is 9.47 Å². The first-order chi connectivity index (χ1) is 16.5. The summed E-state index contributed by atoms with van der Waals surface area (Å²) in [4.78, 5) is 13.2. The van der Waals surface area contributed by atoms with Gasteiger partial charge in [0.25, 0.3) is 0 Å². The summed E-state index contributed by atoms with van der Waals surface area (Å²) in [5.74, 6) is 0.538. The van der Waals surface area contributed by atoms with E-state index in [-0.39, 0.29) is 13.0 Å². The molecule has 0 radical (unpaired) electrons. The molecule has 0 aromatic heterocycles. The number of hydrogen-bond acceptors (Lipinski definition) is 7. The first-order valence-electron chi connectivity index (χ1n) is 10.7. The molecule has 0 bridgehead atoms. The second-order valence-electron chi connectivity index (χ2n) is 8.43. The summed E-state index contributed by atoms with van der Waals surface area (Å²) in [5, 5.41) is 10.4. The molecule has 2 atom stereocenters. The van der Waals surface area contributed by atoms with Crippen molar-refractivity contribution in [3.8, 4) is 11.8 Å². The van der Waals surface area contributed by atoms with Gasteiger partial charge < -0.3 is 19.7 Å². The fourth-order valence-electron chi connectivity index (χ4n) is 4.01. The lowest BCUT2D eigenvalue weighted by atomic mass is 10.2. The number of nitriles is 1. The number of alkyl carbamates (subject to hydrolysis) is 1. The maximum absolute atomic E-state index is 13.5. The third-order valence-corrected chi connectivity index (χ3v) is 8.29. The predicted octanol–water partition coefficient (Wildman–Crippen LogP) is 3.88. The maximum Gasteiger partial charge on any atom is 0.417 e. The Labute approximate surface area is 200 Å². The summed E-state index contributed by atoms with van der Waals surface area (Å²) in [6, 6.07) is 12.5. The number of nitrogens with zero attached hydrogens (tertiary/aromatic N) is 2. The topological polar surface area (TPSA) is 109 Å². The summed E-state index contributed by atoms with van der Waals surface area (Å²) in [6.45, 7) is -0.206. The van der Waals surface area contributed by atoms with Gasteiger partial charge in [-0.25, -0.2) is 13.2 Å². The molecule has 4 rings (SSSR count). The van der Waals surface area contributed by atoms with Crippen LogP contribution in [0.15, 0.2) is 53.4 Å². The van der Waals surface area contributed by atoms with Gasteiger partial charge in [-0.3, -0.25) is 0 Å². The van der Waals surface area contributed by atoms with Crippen LogP contribution in [0.1, 0.15) is 24.8 Å². The van der Waals surface area contributed by atoms with Crippen molar-refractivity contribution >= 4 is 21.6 Å². The van der Waals surface area contributed by atoms with Crippen LogP contribution in [0.25, 0.3) is 0 Å². The molecule has 1 heterocycles. The van der Waals surface area contributed by atoms with Crippen molar-refractivity contribution in [1.82, 2.24) is 5.32 Å². The van der Waals surface area contributed by atoms with Crippen molar-refractivity contribution in [1.29, 1.82) is 5.26 Å². The molecule has 0 spiro atoms. The van der Waals surface area contributed by atoms with E-state index in [1.165, 1.54) is 18.1 Å². The Balaban J connectivity index is 1.64. The zero-order valence-electron chi connectivity index (χ0n) is 18.6. The highest BCUT2D eigenvalue weighted by molar-refractivity contribution is 7.92. The molecule has 12 heteroatoms. The van der Waals surface area contributed by atoms with Gasteiger partial charge in [0.1, 0.15) is 11.3 Å². The first kappa shape index (κ1) is 24.7. The zero-order chi connectivity index (χ0) is 25.4. The number of rotatable bonds is 6. The van der Waals surface area contributed by atoms with Gasteiger partial charge in [0.2, 0.25) is 0 Å². The van der Waals surface area contributed by atoms with Crippen molar-refractivity contribution in [2.24, 2.45) is 0 Å². The van der Waals surface area contributed by atoms with Crippen LogP contribution in [-0.4, -0.2) is 45.2 Å². The molecule has 1 N–H and O–H groups in total. The molecular formula is C23H22F3N3O5S. The third kappa shape index (κ3) is 5.00. The van der Waals surface area contributed by atoms with Crippen LogP contribution >= 0.6 is 0 Å². The molecular weight excluding hydrogens is 487 g/mol. The molecule has 1 aliphatic carbocycles. The summed E-state index contributed by atoms with van der Waals surface area (Å²) < 4.78 is 77.9. The quantitative estimate of drug-likeness (QED) is 0.630. The first-order valence-corrected chi connectivity index (χ1v) is 12.2. The van der Waals surface area contributed by atoms with Gasteiger partial charge in [-0.05, 0) is 49.2 Å². The molecule has 1 amide bonds. The summed E-state index contributed by atoms with van der Waals surface area (Å²) in [7, 11) is -2.98. The van der Waals surface area contributed by atoms with E-state index in [0.717, 1.165) is 18.2 Å². The molecule has 2 aliphatic rings. The number of hydrogen-bond donors (Lipinski definition) is 1. The largest absolute Gasteiger partial charge is 0.497 e. The Morgan fingerprint density at radius 3 is 2.40 bits per heavy atom. The number of methoxy groups -OCH3 is 1. The van der Waals surface area contributed by atoms with Gasteiger partial charge in [0, 0.05) is 18.7 Å². The molecule has 35 heavy (non-hydrogen) atoms. The highest BCUT2D eigenvalue weighted by Gasteiger charge is 2.48. The van der Waals surface area contributed by atoms with Gasteiger partial charge >= 0.3 is 12.3 Å². The van der Waals surface area contributed by atoms with E-state index in [2.05, 4.69) is 5.32 Å². The van der Waals surface area contributed by atoms with E-state index in [9.17, 15) is 31.6 Å². The number of anilines is 1. The molecule has 1 saturated carbocycles. The normalized spacial score (nSPS) is 21.2. The number of halogens is 3. The fraction of sp³-hybridized carbons (Fsp3) is 0.391. The molecule has 1 saturated heterocycles. The van der Waals surface area contributed by atoms with Crippen LogP contribution < -0.4 is 15.0 Å². The monoisotopic (exact) mass is 509 g/mol. The SMILES string of the molecule is COc1ccc(N2C[C@H](S(=O)(=O)c3ccccc3C(F)(F)F)C[C@@H]2OC(=O)NC2(C#N)CC2)cc1. The fourth-order valence-corrected chi connectivity index (χ4v) is 5.90. The minimum atomic E-state index is -4.86. The van der Waals surface area contributed by atoms with Crippen LogP contribution in [0.2, 0.25) is 0 Å². The van der Waals surface area contributed by atoms with E-state index in [0.29, 0.717) is 24.3 Å². The molecule has 186 valence electrons. The minimum Gasteiger partial charge on any atom is -0.497 e. The standard InChI is InChI=1S/C23H22F3N3O5S/c1-33-16-8-6-15(7-9-16)29-13-17(12-20(29)34-21(30)28-22(14-27)10-11-22)35(31,32)19-5-3-2-4-18(19)23(24,25)26/h2-9,17,20H,10-13H2,1H3,(H,28,30)/t17-,20+/m1/s1. The average molecular weight is 510 g/mol. The number of ether oxygens (including phenoxy) is 2. The number of nitrogens with one attached hydrogen (secondary N) is 1. The van der Waals surface area contributed by atoms with Crippen molar-refractivity contribution in [3.05, 3.63) is 54.1 Å². The van der Waals surface area contributed by atoms with Crippen LogP contribution in [0.3, 0.4) is 0 Å². The third-order valence-electron chi connectivity index (χ3n) is 6.10. The smallest absolute Gasteiger partial charge is 0.417 e. The molecule has 0 unspecified atom stereocenters. The Kier molecular flexibility index (Phi) is 6.31. The zero-order valence-corrected chi connectivity index (χ0v) is 19.4. The lowest BCUT2D eigenvalue weighted by Crippen LogP contribution is -2.41. The van der Waals surface area contributed by atoms with Crippen molar-refractivity contribution in [3.63, 3.8) is 0 Å². The number of sulfone groups is 1. The molecule has 8 nitrogen and oxygen atoms in total. The second kappa shape index (κ2) is 8.96. The molecule has 2 aromatic rings. The molecule has 1 aliphatic heterocycles. The van der Waals surface area contributed by atoms with Crippen LogP contribution in [-0.2, 0) is 20.8 Å².